The van der Waals surface area contributed by atoms with Gasteiger partial charge in [-0.25, -0.2) is 4.98 Å². The summed E-state index contributed by atoms with van der Waals surface area (Å²) in [5, 5.41) is 6.04. The van der Waals surface area contributed by atoms with E-state index in [0.717, 1.165) is 56.6 Å². The molecular weight excluding hydrogens is 520 g/mol. The second kappa shape index (κ2) is 12.8. The minimum Gasteiger partial charge on any atom is -0.495 e. The number of fused-ring (bicyclic) bond motifs is 1. The molecule has 12 heteroatoms. The van der Waals surface area contributed by atoms with Gasteiger partial charge in [-0.1, -0.05) is 26.7 Å². The molecule has 1 fully saturated rings. The van der Waals surface area contributed by atoms with Crippen LogP contribution in [0.3, 0.4) is 0 Å². The highest BCUT2D eigenvalue weighted by Gasteiger charge is 2.48. The Balaban J connectivity index is 1.53. The number of nitrogens with one attached hydrogen (secondary N) is 2. The van der Waals surface area contributed by atoms with Crippen LogP contribution in [0.5, 0.6) is 5.75 Å². The van der Waals surface area contributed by atoms with Crippen molar-refractivity contribution in [3.05, 3.63) is 30.0 Å². The van der Waals surface area contributed by atoms with Gasteiger partial charge in [-0.2, -0.15) is 13.8 Å². The Morgan fingerprint density at radius 1 is 1.23 bits per heavy atom. The van der Waals surface area contributed by atoms with E-state index in [-0.39, 0.29) is 29.4 Å². The molecular formula is C28H39F2N7O3. The Morgan fingerprint density at radius 3 is 2.62 bits per heavy atom. The highest BCUT2D eigenvalue weighted by molar-refractivity contribution is 6.02. The number of halogens is 2. The Bertz CT molecular complexity index is 1200. The normalized spacial score (nSPS) is 17.1. The number of hydrogen-bond acceptors (Lipinski definition) is 8. The maximum absolute atomic E-state index is 14.8. The molecule has 0 radical (unpaired) electrons. The van der Waals surface area contributed by atoms with Gasteiger partial charge in [0, 0.05) is 25.2 Å². The molecule has 0 saturated heterocycles. The molecule has 0 unspecified atom stereocenters. The third-order valence-electron chi connectivity index (χ3n) is 7.68. The van der Waals surface area contributed by atoms with Gasteiger partial charge in [0.1, 0.15) is 11.4 Å². The minimum absolute atomic E-state index is 0.133. The van der Waals surface area contributed by atoms with E-state index in [9.17, 15) is 18.4 Å². The molecule has 1 aliphatic heterocycles. The zero-order valence-electron chi connectivity index (χ0n) is 23.7. The smallest absolute Gasteiger partial charge is 0.342 e. The van der Waals surface area contributed by atoms with Crippen molar-refractivity contribution in [3.8, 4) is 5.75 Å². The lowest BCUT2D eigenvalue weighted by molar-refractivity contribution is -0.140. The molecule has 2 amide bonds. The standard InChI is InChI=1S/C28H39F2N7O3/c1-5-36(6-2)15-9-14-31-25(38)19-12-13-21(23(16-19)40-4)33-27-32-17-22-24(34-27)37(20-10-7-8-11-20)18-28(29,30)26(39)35(22)3/h12-13,16-17,20H,5-11,14-15,18H2,1-4H3,(H,31,38)(H,32,33,34). The number of benzene rings is 1. The van der Waals surface area contributed by atoms with Crippen LogP contribution in [0.15, 0.2) is 24.4 Å². The molecule has 0 spiro atoms. The van der Waals surface area contributed by atoms with Crippen LogP contribution in [0.4, 0.5) is 31.9 Å². The summed E-state index contributed by atoms with van der Waals surface area (Å²) < 4.78 is 35.2. The van der Waals surface area contributed by atoms with E-state index in [2.05, 4.69) is 39.3 Å². The number of hydrogen-bond donors (Lipinski definition) is 2. The predicted octanol–water partition coefficient (Wildman–Crippen LogP) is 4.05. The first-order valence-electron chi connectivity index (χ1n) is 13.9. The van der Waals surface area contributed by atoms with Gasteiger partial charge in [0.05, 0.1) is 25.5 Å². The molecule has 1 aromatic carbocycles. The lowest BCUT2D eigenvalue weighted by Crippen LogP contribution is -2.48. The molecule has 0 bridgehead atoms. The Kier molecular flexibility index (Phi) is 9.39. The van der Waals surface area contributed by atoms with Crippen LogP contribution in [-0.2, 0) is 4.79 Å². The molecule has 2 aromatic rings. The third-order valence-corrected chi connectivity index (χ3v) is 7.68. The fourth-order valence-corrected chi connectivity index (χ4v) is 5.31. The van der Waals surface area contributed by atoms with Crippen molar-refractivity contribution >= 4 is 35.0 Å². The molecule has 40 heavy (non-hydrogen) atoms. The number of rotatable bonds is 11. The summed E-state index contributed by atoms with van der Waals surface area (Å²) >= 11 is 0. The first-order valence-corrected chi connectivity index (χ1v) is 13.9. The van der Waals surface area contributed by atoms with Crippen molar-refractivity contribution in [2.45, 2.75) is 57.9 Å². The highest BCUT2D eigenvalue weighted by Crippen LogP contribution is 2.40. The molecule has 0 atom stereocenters. The van der Waals surface area contributed by atoms with Crippen molar-refractivity contribution in [1.82, 2.24) is 20.2 Å². The van der Waals surface area contributed by atoms with Gasteiger partial charge < -0.3 is 30.1 Å². The summed E-state index contributed by atoms with van der Waals surface area (Å²) in [6, 6.07) is 4.86. The van der Waals surface area contributed by atoms with Gasteiger partial charge in [0.25, 0.3) is 11.8 Å². The van der Waals surface area contributed by atoms with Crippen LogP contribution in [0.1, 0.15) is 56.3 Å². The van der Waals surface area contributed by atoms with Crippen molar-refractivity contribution in [3.63, 3.8) is 0 Å². The van der Waals surface area contributed by atoms with Crippen molar-refractivity contribution in [2.24, 2.45) is 0 Å². The van der Waals surface area contributed by atoms with Gasteiger partial charge in [-0.3, -0.25) is 9.59 Å². The van der Waals surface area contributed by atoms with Crippen LogP contribution in [-0.4, -0.2) is 85.5 Å². The molecule has 2 aliphatic rings. The first kappa shape index (κ1) is 29.4. The molecule has 218 valence electrons. The molecule has 2 N–H and O–H groups in total. The van der Waals surface area contributed by atoms with E-state index in [0.29, 0.717) is 23.5 Å². The number of alkyl halides is 2. The average Bonchev–Trinajstić information content (AvgIpc) is 3.48. The molecule has 2 heterocycles. The maximum atomic E-state index is 14.8. The fraction of sp³-hybridized carbons (Fsp3) is 0.571. The van der Waals surface area contributed by atoms with Crippen molar-refractivity contribution in [2.75, 3.05) is 62.0 Å². The number of methoxy groups -OCH3 is 1. The monoisotopic (exact) mass is 559 g/mol. The Hall–Kier alpha value is -3.54. The number of aromatic nitrogens is 2. The Labute approximate surface area is 234 Å². The van der Waals surface area contributed by atoms with Crippen LogP contribution in [0.25, 0.3) is 0 Å². The molecule has 10 nitrogen and oxygen atoms in total. The summed E-state index contributed by atoms with van der Waals surface area (Å²) in [6.07, 6.45) is 5.63. The maximum Gasteiger partial charge on any atom is 0.342 e. The van der Waals surface area contributed by atoms with Gasteiger partial charge in [-0.15, -0.1) is 0 Å². The van der Waals surface area contributed by atoms with E-state index in [1.165, 1.54) is 20.4 Å². The summed E-state index contributed by atoms with van der Waals surface area (Å²) in [5.41, 5.74) is 1.19. The van der Waals surface area contributed by atoms with Crippen LogP contribution >= 0.6 is 0 Å². The number of nitrogens with zero attached hydrogens (tertiary/aromatic N) is 5. The lowest BCUT2D eigenvalue weighted by atomic mass is 10.1. The SMILES string of the molecule is CCN(CC)CCCNC(=O)c1ccc(Nc2ncc3c(n2)N(C2CCCC2)CC(F)(F)C(=O)N3C)c(OC)c1. The van der Waals surface area contributed by atoms with Gasteiger partial charge in [0.2, 0.25) is 5.95 Å². The van der Waals surface area contributed by atoms with E-state index in [1.807, 2.05) is 0 Å². The van der Waals surface area contributed by atoms with Crippen LogP contribution in [0, 0.1) is 0 Å². The summed E-state index contributed by atoms with van der Waals surface area (Å²) in [4.78, 5) is 38.9. The number of amides is 2. The van der Waals surface area contributed by atoms with Gasteiger partial charge in [-0.05, 0) is 57.1 Å². The van der Waals surface area contributed by atoms with Crippen LogP contribution < -0.4 is 25.2 Å². The second-order valence-corrected chi connectivity index (χ2v) is 10.2. The predicted molar refractivity (Wildman–Crippen MR) is 151 cm³/mol. The minimum atomic E-state index is -3.54. The molecule has 1 aliphatic carbocycles. The zero-order valence-corrected chi connectivity index (χ0v) is 23.7. The summed E-state index contributed by atoms with van der Waals surface area (Å²) in [6.45, 7) is 6.93. The summed E-state index contributed by atoms with van der Waals surface area (Å²) in [7, 11) is 2.81. The first-order chi connectivity index (χ1) is 19.2. The van der Waals surface area contributed by atoms with E-state index < -0.39 is 18.4 Å². The topological polar surface area (TPSA) is 103 Å². The molecule has 1 saturated carbocycles. The number of anilines is 4. The largest absolute Gasteiger partial charge is 0.495 e. The Morgan fingerprint density at radius 2 is 1.95 bits per heavy atom. The lowest BCUT2D eigenvalue weighted by Gasteiger charge is -2.31. The van der Waals surface area contributed by atoms with Gasteiger partial charge in [0.15, 0.2) is 5.82 Å². The van der Waals surface area contributed by atoms with E-state index in [1.54, 1.807) is 23.1 Å². The van der Waals surface area contributed by atoms with Crippen molar-refractivity contribution in [1.29, 1.82) is 0 Å². The van der Waals surface area contributed by atoms with E-state index >= 15 is 0 Å². The van der Waals surface area contributed by atoms with E-state index in [4.69, 9.17) is 4.74 Å². The molecule has 4 rings (SSSR count). The second-order valence-electron chi connectivity index (χ2n) is 10.2. The van der Waals surface area contributed by atoms with Crippen LogP contribution in [0.2, 0.25) is 0 Å². The summed E-state index contributed by atoms with van der Waals surface area (Å²) in [5.74, 6) is -4.16. The zero-order chi connectivity index (χ0) is 28.9. The average molecular weight is 560 g/mol. The highest BCUT2D eigenvalue weighted by atomic mass is 19.3. The quantitative estimate of drug-likeness (QED) is 0.398. The number of carbonyl (C=O) groups excluding carboxylic acids is 2. The van der Waals surface area contributed by atoms with Gasteiger partial charge >= 0.3 is 5.92 Å². The molecule has 1 aromatic heterocycles. The number of ether oxygens (including phenoxy) is 1. The fourth-order valence-electron chi connectivity index (χ4n) is 5.31. The number of carbonyl (C=O) groups is 2. The van der Waals surface area contributed by atoms with Crippen molar-refractivity contribution < 1.29 is 23.1 Å². The third kappa shape index (κ3) is 6.43.